The van der Waals surface area contributed by atoms with Gasteiger partial charge < -0.3 is 13.9 Å². The summed E-state index contributed by atoms with van der Waals surface area (Å²) >= 11 is 6.08. The Labute approximate surface area is 137 Å². The van der Waals surface area contributed by atoms with Crippen LogP contribution >= 0.6 is 11.6 Å². The topological polar surface area (TPSA) is 57.0 Å². The minimum absolute atomic E-state index is 0.552. The quantitative estimate of drug-likeness (QED) is 0.546. The van der Waals surface area contributed by atoms with Gasteiger partial charge in [0.2, 0.25) is 0 Å². The smallest absolute Gasteiger partial charge is 0.324 e. The van der Waals surface area contributed by atoms with Crippen molar-refractivity contribution in [3.8, 4) is 0 Å². The first-order valence-electron chi connectivity index (χ1n) is 6.92. The number of rotatable bonds is 3. The molecule has 6 heteroatoms. The van der Waals surface area contributed by atoms with Gasteiger partial charge in [-0.05, 0) is 18.2 Å². The van der Waals surface area contributed by atoms with Crippen LogP contribution in [-0.4, -0.2) is 30.6 Å². The maximum Gasteiger partial charge on any atom is 0.324 e. The Kier molecular flexibility index (Phi) is 3.96. The minimum Gasteiger partial charge on any atom is -0.468 e. The molecule has 0 aliphatic carbocycles. The average molecular weight is 332 g/mol. The molecule has 0 spiro atoms. The molecule has 0 saturated carbocycles. The summed E-state index contributed by atoms with van der Waals surface area (Å²) in [4.78, 5) is 24.4. The van der Waals surface area contributed by atoms with Crippen LogP contribution in [0.15, 0.2) is 42.6 Å². The normalized spacial score (nSPS) is 11.1. The summed E-state index contributed by atoms with van der Waals surface area (Å²) in [5, 5.41) is 1.33. The van der Waals surface area contributed by atoms with E-state index < -0.39 is 17.9 Å². The third-order valence-corrected chi connectivity index (χ3v) is 4.03. The highest BCUT2D eigenvalue weighted by Gasteiger charge is 2.34. The fourth-order valence-electron chi connectivity index (χ4n) is 2.81. The third-order valence-electron chi connectivity index (χ3n) is 3.80. The van der Waals surface area contributed by atoms with Crippen LogP contribution in [0.3, 0.4) is 0 Å². The monoisotopic (exact) mass is 331 g/mol. The van der Waals surface area contributed by atoms with Crippen molar-refractivity contribution >= 4 is 40.0 Å². The van der Waals surface area contributed by atoms with Gasteiger partial charge in [-0.1, -0.05) is 29.8 Å². The number of pyridine rings is 1. The Morgan fingerprint density at radius 3 is 2.30 bits per heavy atom. The lowest BCUT2D eigenvalue weighted by Crippen LogP contribution is -2.24. The number of carbonyl (C=O) groups is 2. The number of hydrogen-bond acceptors (Lipinski definition) is 4. The highest BCUT2D eigenvalue weighted by atomic mass is 35.5. The van der Waals surface area contributed by atoms with Gasteiger partial charge in [-0.15, -0.1) is 0 Å². The fourth-order valence-corrected chi connectivity index (χ4v) is 2.97. The van der Waals surface area contributed by atoms with Crippen LogP contribution in [0, 0.1) is 0 Å². The molecule has 23 heavy (non-hydrogen) atoms. The van der Waals surface area contributed by atoms with Crippen LogP contribution in [0.1, 0.15) is 11.5 Å². The second-order valence-corrected chi connectivity index (χ2v) is 5.45. The van der Waals surface area contributed by atoms with Crippen LogP contribution in [0.25, 0.3) is 16.4 Å². The molecule has 0 unspecified atom stereocenters. The Morgan fingerprint density at radius 1 is 1.00 bits per heavy atom. The molecule has 0 aliphatic heterocycles. The maximum atomic E-state index is 12.2. The van der Waals surface area contributed by atoms with Crippen LogP contribution in [0.4, 0.5) is 0 Å². The Bertz CT molecular complexity index is 899. The second kappa shape index (κ2) is 5.93. The van der Waals surface area contributed by atoms with E-state index in [-0.39, 0.29) is 0 Å². The lowest BCUT2D eigenvalue weighted by Gasteiger charge is -2.12. The molecule has 0 radical (unpaired) electrons. The lowest BCUT2D eigenvalue weighted by molar-refractivity contribution is -0.154. The number of methoxy groups -OCH3 is 2. The van der Waals surface area contributed by atoms with Crippen molar-refractivity contribution in [1.29, 1.82) is 0 Å². The standard InChI is InChI=1S/C17H14ClNO4/c1-22-16(20)15(17(21)23-2)14-11-5-3-4-6-12(11)19-9-10(18)7-8-13(14)19/h3-9,15H,1-2H3. The number of aromatic nitrogens is 1. The third kappa shape index (κ3) is 2.43. The number of halogens is 1. The SMILES string of the molecule is COC(=O)C(C(=O)OC)c1c2ccccc2n2cc(Cl)ccc12. The lowest BCUT2D eigenvalue weighted by atomic mass is 9.96. The molecule has 2 aromatic heterocycles. The zero-order valence-electron chi connectivity index (χ0n) is 12.6. The van der Waals surface area contributed by atoms with Crippen molar-refractivity contribution < 1.29 is 19.1 Å². The second-order valence-electron chi connectivity index (χ2n) is 5.01. The minimum atomic E-state index is -1.15. The Hall–Kier alpha value is -2.53. The molecule has 0 amide bonds. The number of fused-ring (bicyclic) bond motifs is 3. The van der Waals surface area contributed by atoms with E-state index in [1.54, 1.807) is 18.3 Å². The van der Waals surface area contributed by atoms with Crippen molar-refractivity contribution in [2.75, 3.05) is 14.2 Å². The van der Waals surface area contributed by atoms with E-state index in [1.165, 1.54) is 14.2 Å². The average Bonchev–Trinajstić information content (AvgIpc) is 2.89. The molecule has 1 aromatic carbocycles. The van der Waals surface area contributed by atoms with Gasteiger partial charge in [0.25, 0.3) is 0 Å². The molecule has 2 heterocycles. The van der Waals surface area contributed by atoms with Crippen molar-refractivity contribution in [2.45, 2.75) is 5.92 Å². The highest BCUT2D eigenvalue weighted by molar-refractivity contribution is 6.30. The van der Waals surface area contributed by atoms with Crippen molar-refractivity contribution in [2.24, 2.45) is 0 Å². The molecular formula is C17H14ClNO4. The van der Waals surface area contributed by atoms with E-state index in [2.05, 4.69) is 0 Å². The molecule has 3 aromatic rings. The molecule has 0 fully saturated rings. The summed E-state index contributed by atoms with van der Waals surface area (Å²) in [7, 11) is 2.49. The van der Waals surface area contributed by atoms with E-state index in [0.717, 1.165) is 10.9 Å². The summed E-state index contributed by atoms with van der Waals surface area (Å²) in [5.41, 5.74) is 2.10. The summed E-state index contributed by atoms with van der Waals surface area (Å²) in [6, 6.07) is 11.0. The van der Waals surface area contributed by atoms with Crippen molar-refractivity contribution in [3.63, 3.8) is 0 Å². The molecule has 0 saturated heterocycles. The van der Waals surface area contributed by atoms with Gasteiger partial charge in [0, 0.05) is 17.1 Å². The van der Waals surface area contributed by atoms with E-state index in [9.17, 15) is 9.59 Å². The molecular weight excluding hydrogens is 318 g/mol. The first-order chi connectivity index (χ1) is 11.1. The maximum absolute atomic E-state index is 12.2. The van der Waals surface area contributed by atoms with Crippen molar-refractivity contribution in [3.05, 3.63) is 53.2 Å². The van der Waals surface area contributed by atoms with E-state index in [1.807, 2.05) is 28.7 Å². The number of esters is 2. The van der Waals surface area contributed by atoms with Gasteiger partial charge >= 0.3 is 11.9 Å². The van der Waals surface area contributed by atoms with Gasteiger partial charge in [0.05, 0.1) is 30.3 Å². The van der Waals surface area contributed by atoms with Gasteiger partial charge in [-0.2, -0.15) is 0 Å². The van der Waals surface area contributed by atoms with Crippen molar-refractivity contribution in [1.82, 2.24) is 4.40 Å². The van der Waals surface area contributed by atoms with Crippen LogP contribution in [0.2, 0.25) is 5.02 Å². The van der Waals surface area contributed by atoms with Crippen LogP contribution in [-0.2, 0) is 19.1 Å². The molecule has 0 N–H and O–H groups in total. The largest absolute Gasteiger partial charge is 0.468 e. The summed E-state index contributed by atoms with van der Waals surface area (Å²) in [5.74, 6) is -2.48. The van der Waals surface area contributed by atoms with Gasteiger partial charge in [0.15, 0.2) is 5.92 Å². The summed E-state index contributed by atoms with van der Waals surface area (Å²) in [6.07, 6.45) is 1.74. The molecule has 5 nitrogen and oxygen atoms in total. The molecule has 3 rings (SSSR count). The van der Waals surface area contributed by atoms with Crippen LogP contribution in [0.5, 0.6) is 0 Å². The number of carbonyl (C=O) groups excluding carboxylic acids is 2. The van der Waals surface area contributed by atoms with Gasteiger partial charge in [0.1, 0.15) is 0 Å². The summed E-state index contributed by atoms with van der Waals surface area (Å²) in [6.45, 7) is 0. The first kappa shape index (κ1) is 15.4. The number of hydrogen-bond donors (Lipinski definition) is 0. The highest BCUT2D eigenvalue weighted by Crippen LogP contribution is 2.34. The predicted molar refractivity (Wildman–Crippen MR) is 86.7 cm³/mol. The van der Waals surface area contributed by atoms with Gasteiger partial charge in [-0.25, -0.2) is 0 Å². The first-order valence-corrected chi connectivity index (χ1v) is 7.30. The number of para-hydroxylation sites is 1. The number of ether oxygens (including phenoxy) is 2. The Morgan fingerprint density at radius 2 is 1.65 bits per heavy atom. The summed E-state index contributed by atoms with van der Waals surface area (Å²) < 4.78 is 11.5. The number of nitrogens with zero attached hydrogens (tertiary/aromatic N) is 1. The Balaban J connectivity index is 2.41. The molecule has 0 aliphatic rings. The zero-order valence-corrected chi connectivity index (χ0v) is 13.3. The van der Waals surface area contributed by atoms with E-state index in [0.29, 0.717) is 16.1 Å². The molecule has 0 atom stereocenters. The van der Waals surface area contributed by atoms with E-state index in [4.69, 9.17) is 21.1 Å². The number of benzene rings is 1. The molecule has 118 valence electrons. The van der Waals surface area contributed by atoms with E-state index >= 15 is 0 Å². The predicted octanol–water partition coefficient (Wildman–Crippen LogP) is 3.18. The zero-order chi connectivity index (χ0) is 16.6. The van der Waals surface area contributed by atoms with Gasteiger partial charge in [-0.3, -0.25) is 9.59 Å². The molecule has 0 bridgehead atoms. The fraction of sp³-hybridized carbons (Fsp3) is 0.176. The van der Waals surface area contributed by atoms with Crippen LogP contribution < -0.4 is 0 Å².